The molecule has 1 heterocycles. The number of nitrogens with zero attached hydrogens (tertiary/aromatic N) is 1. The van der Waals surface area contributed by atoms with Gasteiger partial charge in [-0.05, 0) is 63.1 Å². The zero-order chi connectivity index (χ0) is 23.6. The van der Waals surface area contributed by atoms with Crippen molar-refractivity contribution in [2.45, 2.75) is 39.7 Å². The summed E-state index contributed by atoms with van der Waals surface area (Å²) in [5.74, 6) is -0.917. The second-order valence-electron chi connectivity index (χ2n) is 8.27. The summed E-state index contributed by atoms with van der Waals surface area (Å²) in [4.78, 5) is 28.7. The first kappa shape index (κ1) is 22.9. The van der Waals surface area contributed by atoms with Crippen LogP contribution in [0.4, 0.5) is 5.69 Å². The number of aromatic hydroxyl groups is 1. The molecule has 0 saturated heterocycles. The van der Waals surface area contributed by atoms with Crippen LogP contribution in [-0.2, 0) is 6.42 Å². The number of aryl methyl sites for hydroxylation is 2. The molecule has 32 heavy (non-hydrogen) atoms. The molecule has 168 valence electrons. The SMILES string of the molecule is CCc1ccc2nc(C)c(C(=O)O)c(N)c2c1OCC(C)(C)NC(=O)c1ccc(O)cc1. The first-order chi connectivity index (χ1) is 15.0. The summed E-state index contributed by atoms with van der Waals surface area (Å²) in [5, 5.41) is 22.4. The maximum Gasteiger partial charge on any atom is 0.339 e. The highest BCUT2D eigenvalue weighted by atomic mass is 16.5. The van der Waals surface area contributed by atoms with Crippen molar-refractivity contribution >= 4 is 28.5 Å². The van der Waals surface area contributed by atoms with Crippen molar-refractivity contribution in [1.82, 2.24) is 10.3 Å². The van der Waals surface area contributed by atoms with E-state index in [1.807, 2.05) is 26.8 Å². The molecule has 1 amide bonds. The van der Waals surface area contributed by atoms with E-state index in [4.69, 9.17) is 10.5 Å². The van der Waals surface area contributed by atoms with Crippen LogP contribution in [0.15, 0.2) is 36.4 Å². The van der Waals surface area contributed by atoms with Crippen LogP contribution < -0.4 is 15.8 Å². The molecule has 0 spiro atoms. The highest BCUT2D eigenvalue weighted by molar-refractivity contribution is 6.07. The van der Waals surface area contributed by atoms with Crippen LogP contribution in [0.3, 0.4) is 0 Å². The number of carbonyl (C=O) groups excluding carboxylic acids is 1. The number of phenolic OH excluding ortho intramolecular Hbond substituents is 1. The van der Waals surface area contributed by atoms with Gasteiger partial charge in [0, 0.05) is 5.56 Å². The molecule has 0 bridgehead atoms. The number of carbonyl (C=O) groups is 2. The summed E-state index contributed by atoms with van der Waals surface area (Å²) < 4.78 is 6.15. The number of hydrogen-bond donors (Lipinski definition) is 4. The van der Waals surface area contributed by atoms with E-state index in [0.29, 0.717) is 34.3 Å². The minimum atomic E-state index is -1.15. The van der Waals surface area contributed by atoms with Crippen molar-refractivity contribution in [3.05, 3.63) is 58.8 Å². The van der Waals surface area contributed by atoms with E-state index in [2.05, 4.69) is 10.3 Å². The number of aromatic nitrogens is 1. The number of rotatable bonds is 7. The number of ether oxygens (including phenoxy) is 1. The Morgan fingerprint density at radius 1 is 1.16 bits per heavy atom. The Labute approximate surface area is 186 Å². The van der Waals surface area contributed by atoms with Crippen molar-refractivity contribution in [1.29, 1.82) is 0 Å². The van der Waals surface area contributed by atoms with Crippen LogP contribution in [0.25, 0.3) is 10.9 Å². The number of amides is 1. The third kappa shape index (κ3) is 4.59. The van der Waals surface area contributed by atoms with Gasteiger partial charge in [0.05, 0.1) is 27.8 Å². The van der Waals surface area contributed by atoms with Crippen LogP contribution in [0, 0.1) is 6.92 Å². The van der Waals surface area contributed by atoms with E-state index >= 15 is 0 Å². The lowest BCUT2D eigenvalue weighted by Gasteiger charge is -2.27. The molecule has 2 aromatic carbocycles. The van der Waals surface area contributed by atoms with Crippen LogP contribution in [0.5, 0.6) is 11.5 Å². The number of nitrogens with one attached hydrogen (secondary N) is 1. The molecular formula is C24H27N3O5. The molecule has 0 radical (unpaired) electrons. The Morgan fingerprint density at radius 3 is 2.41 bits per heavy atom. The number of pyridine rings is 1. The van der Waals surface area contributed by atoms with E-state index in [-0.39, 0.29) is 29.5 Å². The molecule has 8 nitrogen and oxygen atoms in total. The summed E-state index contributed by atoms with van der Waals surface area (Å²) in [5.41, 5.74) is 7.70. The second-order valence-corrected chi connectivity index (χ2v) is 8.27. The topological polar surface area (TPSA) is 135 Å². The monoisotopic (exact) mass is 437 g/mol. The van der Waals surface area contributed by atoms with E-state index in [0.717, 1.165) is 5.56 Å². The maximum absolute atomic E-state index is 12.6. The van der Waals surface area contributed by atoms with E-state index in [1.54, 1.807) is 13.0 Å². The van der Waals surface area contributed by atoms with Crippen molar-refractivity contribution in [3.8, 4) is 11.5 Å². The van der Waals surface area contributed by atoms with Gasteiger partial charge >= 0.3 is 5.97 Å². The average Bonchev–Trinajstić information content (AvgIpc) is 2.71. The predicted molar refractivity (Wildman–Crippen MR) is 122 cm³/mol. The summed E-state index contributed by atoms with van der Waals surface area (Å²) in [6.07, 6.45) is 0.640. The highest BCUT2D eigenvalue weighted by Crippen LogP contribution is 2.37. The molecule has 0 fully saturated rings. The predicted octanol–water partition coefficient (Wildman–Crippen LogP) is 3.68. The first-order valence-corrected chi connectivity index (χ1v) is 10.2. The maximum atomic E-state index is 12.6. The zero-order valence-corrected chi connectivity index (χ0v) is 18.5. The van der Waals surface area contributed by atoms with Gasteiger partial charge in [0.1, 0.15) is 23.7 Å². The normalized spacial score (nSPS) is 11.4. The number of nitrogens with two attached hydrogens (primary N) is 1. The number of phenols is 1. The van der Waals surface area contributed by atoms with Crippen molar-refractivity contribution < 1.29 is 24.5 Å². The Kier molecular flexibility index (Phi) is 6.25. The molecular weight excluding hydrogens is 410 g/mol. The smallest absolute Gasteiger partial charge is 0.339 e. The fourth-order valence-electron chi connectivity index (χ4n) is 3.52. The first-order valence-electron chi connectivity index (χ1n) is 10.2. The molecule has 0 aliphatic rings. The van der Waals surface area contributed by atoms with Gasteiger partial charge in [0.2, 0.25) is 0 Å². The quantitative estimate of drug-likeness (QED) is 0.443. The standard InChI is InChI=1S/C24H27N3O5/c1-5-14-8-11-17-19(20(25)18(23(30)31)13(2)26-17)21(14)32-12-24(3,4)27-22(29)15-6-9-16(28)10-7-15/h6-11,28H,5,12H2,1-4H3,(H2,25,26)(H,27,29)(H,30,31). The molecule has 0 aliphatic carbocycles. The fraction of sp³-hybridized carbons (Fsp3) is 0.292. The Bertz CT molecular complexity index is 1190. The van der Waals surface area contributed by atoms with Gasteiger partial charge in [-0.3, -0.25) is 9.78 Å². The number of fused-ring (bicyclic) bond motifs is 1. The molecule has 0 atom stereocenters. The highest BCUT2D eigenvalue weighted by Gasteiger charge is 2.25. The van der Waals surface area contributed by atoms with Crippen molar-refractivity contribution in [2.75, 3.05) is 12.3 Å². The number of nitrogen functional groups attached to an aromatic ring is 1. The fourth-order valence-corrected chi connectivity index (χ4v) is 3.52. The number of aromatic carboxylic acids is 1. The summed E-state index contributed by atoms with van der Waals surface area (Å²) in [7, 11) is 0. The summed E-state index contributed by atoms with van der Waals surface area (Å²) >= 11 is 0. The average molecular weight is 437 g/mol. The van der Waals surface area contributed by atoms with Gasteiger partial charge < -0.3 is 26.0 Å². The molecule has 1 aromatic heterocycles. The second kappa shape index (κ2) is 8.74. The van der Waals surface area contributed by atoms with Gasteiger partial charge in [0.15, 0.2) is 0 Å². The number of benzene rings is 2. The van der Waals surface area contributed by atoms with Crippen molar-refractivity contribution in [3.63, 3.8) is 0 Å². The van der Waals surface area contributed by atoms with E-state index < -0.39 is 11.5 Å². The third-order valence-corrected chi connectivity index (χ3v) is 5.16. The number of carboxylic acids is 1. The summed E-state index contributed by atoms with van der Waals surface area (Å²) in [6, 6.07) is 9.63. The van der Waals surface area contributed by atoms with E-state index in [9.17, 15) is 19.8 Å². The molecule has 3 rings (SSSR count). The lowest BCUT2D eigenvalue weighted by Crippen LogP contribution is -2.47. The van der Waals surface area contributed by atoms with E-state index in [1.165, 1.54) is 24.3 Å². The molecule has 8 heteroatoms. The summed E-state index contributed by atoms with van der Waals surface area (Å²) in [6.45, 7) is 7.31. The largest absolute Gasteiger partial charge is 0.508 e. The zero-order valence-electron chi connectivity index (χ0n) is 18.5. The number of hydrogen-bond acceptors (Lipinski definition) is 6. The minimum Gasteiger partial charge on any atom is -0.508 e. The lowest BCUT2D eigenvalue weighted by atomic mass is 10.0. The Morgan fingerprint density at radius 2 is 1.81 bits per heavy atom. The van der Waals surface area contributed by atoms with Crippen LogP contribution in [-0.4, -0.2) is 39.2 Å². The molecule has 0 aliphatic heterocycles. The van der Waals surface area contributed by atoms with Gasteiger partial charge in [-0.2, -0.15) is 0 Å². The van der Waals surface area contributed by atoms with Crippen molar-refractivity contribution in [2.24, 2.45) is 0 Å². The molecule has 3 aromatic rings. The molecule has 5 N–H and O–H groups in total. The lowest BCUT2D eigenvalue weighted by molar-refractivity contribution is 0.0696. The Balaban J connectivity index is 1.93. The Hall–Kier alpha value is -3.81. The van der Waals surface area contributed by atoms with Crippen LogP contribution in [0.1, 0.15) is 52.7 Å². The van der Waals surface area contributed by atoms with Gasteiger partial charge in [-0.25, -0.2) is 4.79 Å². The van der Waals surface area contributed by atoms with Gasteiger partial charge in [-0.1, -0.05) is 13.0 Å². The number of anilines is 1. The molecule has 0 unspecified atom stereocenters. The van der Waals surface area contributed by atoms with Gasteiger partial charge in [-0.15, -0.1) is 0 Å². The third-order valence-electron chi connectivity index (χ3n) is 5.16. The van der Waals surface area contributed by atoms with Crippen LogP contribution >= 0.6 is 0 Å². The number of carboxylic acid groups (broad SMARTS) is 1. The molecule has 0 saturated carbocycles. The van der Waals surface area contributed by atoms with Crippen LogP contribution in [0.2, 0.25) is 0 Å². The minimum absolute atomic E-state index is 0.0458. The van der Waals surface area contributed by atoms with Gasteiger partial charge in [0.25, 0.3) is 5.91 Å².